The van der Waals surface area contributed by atoms with Crippen LogP contribution in [0.3, 0.4) is 0 Å². The van der Waals surface area contributed by atoms with Gasteiger partial charge in [0.05, 0.1) is 11.4 Å². The smallest absolute Gasteiger partial charge is 0.305 e. The lowest BCUT2D eigenvalue weighted by Gasteiger charge is -2.09. The fourth-order valence-corrected chi connectivity index (χ4v) is 2.47. The summed E-state index contributed by atoms with van der Waals surface area (Å²) in [7, 11) is 0. The predicted octanol–water partition coefficient (Wildman–Crippen LogP) is 4.41. The lowest BCUT2D eigenvalue weighted by Crippen LogP contribution is -2.14. The molecule has 110 valence electrons. The van der Waals surface area contributed by atoms with Gasteiger partial charge in [-0.2, -0.15) is 0 Å². The Kier molecular flexibility index (Phi) is 7.85. The van der Waals surface area contributed by atoms with Crippen LogP contribution in [0.2, 0.25) is 5.02 Å². The van der Waals surface area contributed by atoms with Gasteiger partial charge in [0.15, 0.2) is 5.78 Å². The number of Topliss-reactive ketones (excluding diaryl/α,β-unsaturated/α-hetero) is 1. The Morgan fingerprint density at radius 2 is 1.90 bits per heavy atom. The molecule has 1 aromatic rings. The predicted molar refractivity (Wildman–Crippen MR) is 83.6 cm³/mol. The van der Waals surface area contributed by atoms with Crippen molar-refractivity contribution in [3.8, 4) is 0 Å². The number of hydrogen-bond donors (Lipinski definition) is 0. The fraction of sp³-hybridized carbons (Fsp3) is 0.467. The zero-order chi connectivity index (χ0) is 15.0. The zero-order valence-corrected chi connectivity index (χ0v) is 13.7. The van der Waals surface area contributed by atoms with Crippen molar-refractivity contribution in [3.63, 3.8) is 0 Å². The van der Waals surface area contributed by atoms with Crippen LogP contribution >= 0.6 is 27.5 Å². The van der Waals surface area contributed by atoms with Gasteiger partial charge in [0.2, 0.25) is 0 Å². The number of carbonyl (C=O) groups excluding carboxylic acids is 2. The standard InChI is InChI=1S/C15H18BrClO3/c1-2-20-14(18)6-4-3-5-13(16)15(19)11-7-9-12(17)10-8-11/h7-10,13H,2-6H2,1H3. The highest BCUT2D eigenvalue weighted by molar-refractivity contribution is 9.10. The number of halogens is 2. The van der Waals surface area contributed by atoms with E-state index >= 15 is 0 Å². The Labute approximate surface area is 132 Å². The van der Waals surface area contributed by atoms with E-state index < -0.39 is 0 Å². The first kappa shape index (κ1) is 17.2. The molecule has 3 nitrogen and oxygen atoms in total. The Bertz CT molecular complexity index is 445. The maximum atomic E-state index is 12.1. The molecule has 0 aliphatic rings. The number of ketones is 1. The largest absolute Gasteiger partial charge is 0.466 e. The Morgan fingerprint density at radius 3 is 2.50 bits per heavy atom. The van der Waals surface area contributed by atoms with Gasteiger partial charge < -0.3 is 4.74 Å². The summed E-state index contributed by atoms with van der Waals surface area (Å²) in [4.78, 5) is 23.0. The molecule has 0 N–H and O–H groups in total. The van der Waals surface area contributed by atoms with Crippen LogP contribution in [0.4, 0.5) is 0 Å². The van der Waals surface area contributed by atoms with Crippen molar-refractivity contribution in [2.24, 2.45) is 0 Å². The highest BCUT2D eigenvalue weighted by atomic mass is 79.9. The summed E-state index contributed by atoms with van der Waals surface area (Å²) in [5.41, 5.74) is 0.640. The van der Waals surface area contributed by atoms with Crippen molar-refractivity contribution < 1.29 is 14.3 Å². The topological polar surface area (TPSA) is 43.4 Å². The molecule has 0 amide bonds. The molecule has 0 heterocycles. The molecule has 0 aromatic heterocycles. The Balaban J connectivity index is 2.32. The minimum atomic E-state index is -0.231. The molecule has 0 fully saturated rings. The molecule has 1 unspecified atom stereocenters. The van der Waals surface area contributed by atoms with Crippen molar-refractivity contribution in [3.05, 3.63) is 34.9 Å². The number of unbranched alkanes of at least 4 members (excludes halogenated alkanes) is 1. The van der Waals surface area contributed by atoms with Gasteiger partial charge in [-0.15, -0.1) is 0 Å². The third-order valence-corrected chi connectivity index (χ3v) is 3.93. The minimum absolute atomic E-state index is 0.0396. The summed E-state index contributed by atoms with van der Waals surface area (Å²) in [6, 6.07) is 6.85. The van der Waals surface area contributed by atoms with E-state index in [9.17, 15) is 9.59 Å². The Hall–Kier alpha value is -0.870. The van der Waals surface area contributed by atoms with Crippen LogP contribution in [0.15, 0.2) is 24.3 Å². The third kappa shape index (κ3) is 6.06. The van der Waals surface area contributed by atoms with Gasteiger partial charge in [-0.3, -0.25) is 9.59 Å². The zero-order valence-electron chi connectivity index (χ0n) is 11.4. The number of carbonyl (C=O) groups is 2. The van der Waals surface area contributed by atoms with Crippen LogP contribution in [0, 0.1) is 0 Å². The van der Waals surface area contributed by atoms with Crippen molar-refractivity contribution in [1.29, 1.82) is 0 Å². The summed E-state index contributed by atoms with van der Waals surface area (Å²) < 4.78 is 4.85. The molecular formula is C15H18BrClO3. The number of rotatable bonds is 8. The molecule has 1 aromatic carbocycles. The van der Waals surface area contributed by atoms with Crippen LogP contribution in [-0.4, -0.2) is 23.2 Å². The molecule has 0 aliphatic carbocycles. The minimum Gasteiger partial charge on any atom is -0.466 e. The monoisotopic (exact) mass is 360 g/mol. The van der Waals surface area contributed by atoms with E-state index in [1.54, 1.807) is 31.2 Å². The van der Waals surface area contributed by atoms with Crippen LogP contribution in [0.1, 0.15) is 43.0 Å². The molecule has 1 rings (SSSR count). The van der Waals surface area contributed by atoms with Crippen molar-refractivity contribution in [1.82, 2.24) is 0 Å². The number of esters is 1. The Morgan fingerprint density at radius 1 is 1.25 bits per heavy atom. The maximum Gasteiger partial charge on any atom is 0.305 e. The van der Waals surface area contributed by atoms with E-state index in [2.05, 4.69) is 15.9 Å². The van der Waals surface area contributed by atoms with E-state index in [-0.39, 0.29) is 16.6 Å². The lowest BCUT2D eigenvalue weighted by molar-refractivity contribution is -0.143. The molecule has 0 radical (unpaired) electrons. The summed E-state index contributed by atoms with van der Waals surface area (Å²) in [5.74, 6) is -0.138. The second-order valence-electron chi connectivity index (χ2n) is 4.39. The molecule has 0 aliphatic heterocycles. The average Bonchev–Trinajstić information content (AvgIpc) is 2.43. The number of hydrogen-bond acceptors (Lipinski definition) is 3. The van der Waals surface area contributed by atoms with Gasteiger partial charge in [-0.25, -0.2) is 0 Å². The van der Waals surface area contributed by atoms with Crippen LogP contribution < -0.4 is 0 Å². The molecule has 5 heteroatoms. The summed E-state index contributed by atoms with van der Waals surface area (Å²) in [6.45, 7) is 2.20. The molecule has 0 saturated heterocycles. The maximum absolute atomic E-state index is 12.1. The summed E-state index contributed by atoms with van der Waals surface area (Å²) in [5, 5.41) is 0.613. The number of alkyl halides is 1. The van der Waals surface area contributed by atoms with E-state index in [1.165, 1.54) is 0 Å². The highest BCUT2D eigenvalue weighted by Crippen LogP contribution is 2.18. The second-order valence-corrected chi connectivity index (χ2v) is 5.93. The van der Waals surface area contributed by atoms with E-state index in [4.69, 9.17) is 16.3 Å². The van der Waals surface area contributed by atoms with Gasteiger partial charge in [0.25, 0.3) is 0 Å². The van der Waals surface area contributed by atoms with Crippen molar-refractivity contribution in [2.45, 2.75) is 37.4 Å². The van der Waals surface area contributed by atoms with Gasteiger partial charge in [0, 0.05) is 17.0 Å². The lowest BCUT2D eigenvalue weighted by atomic mass is 10.0. The SMILES string of the molecule is CCOC(=O)CCCCC(Br)C(=O)c1ccc(Cl)cc1. The highest BCUT2D eigenvalue weighted by Gasteiger charge is 2.16. The third-order valence-electron chi connectivity index (χ3n) is 2.81. The molecule has 0 spiro atoms. The number of ether oxygens (including phenoxy) is 1. The van der Waals surface area contributed by atoms with Gasteiger partial charge in [-0.05, 0) is 44.0 Å². The van der Waals surface area contributed by atoms with Crippen molar-refractivity contribution in [2.75, 3.05) is 6.61 Å². The molecular weight excluding hydrogens is 344 g/mol. The van der Waals surface area contributed by atoms with E-state index in [0.717, 1.165) is 12.8 Å². The first-order valence-electron chi connectivity index (χ1n) is 6.64. The first-order chi connectivity index (χ1) is 9.54. The molecule has 1 atom stereocenters. The van der Waals surface area contributed by atoms with Gasteiger partial charge in [0.1, 0.15) is 0 Å². The van der Waals surface area contributed by atoms with Gasteiger partial charge in [-0.1, -0.05) is 34.0 Å². The van der Waals surface area contributed by atoms with Crippen LogP contribution in [0.25, 0.3) is 0 Å². The summed E-state index contributed by atoms with van der Waals surface area (Å²) in [6.07, 6.45) is 2.63. The number of benzene rings is 1. The van der Waals surface area contributed by atoms with E-state index in [1.807, 2.05) is 0 Å². The molecule has 20 heavy (non-hydrogen) atoms. The fourth-order valence-electron chi connectivity index (χ4n) is 1.75. The average molecular weight is 362 g/mol. The normalized spacial score (nSPS) is 11.9. The first-order valence-corrected chi connectivity index (χ1v) is 7.93. The second kappa shape index (κ2) is 9.14. The van der Waals surface area contributed by atoms with Crippen molar-refractivity contribution >= 4 is 39.3 Å². The van der Waals surface area contributed by atoms with Crippen LogP contribution in [0.5, 0.6) is 0 Å². The quantitative estimate of drug-likeness (QED) is 0.298. The molecule has 0 bridgehead atoms. The van der Waals surface area contributed by atoms with Gasteiger partial charge >= 0.3 is 5.97 Å². The molecule has 0 saturated carbocycles. The van der Waals surface area contributed by atoms with E-state index in [0.29, 0.717) is 30.0 Å². The van der Waals surface area contributed by atoms with Crippen LogP contribution in [-0.2, 0) is 9.53 Å². The summed E-state index contributed by atoms with van der Waals surface area (Å²) >= 11 is 9.18.